The highest BCUT2D eigenvalue weighted by Crippen LogP contribution is 2.38. The van der Waals surface area contributed by atoms with Crippen molar-refractivity contribution in [2.24, 2.45) is 0 Å². The first-order chi connectivity index (χ1) is 9.53. The van der Waals surface area contributed by atoms with E-state index in [4.69, 9.17) is 5.11 Å². The minimum atomic E-state index is -5.45. The van der Waals surface area contributed by atoms with E-state index in [2.05, 4.69) is 9.72 Å². The van der Waals surface area contributed by atoms with Crippen molar-refractivity contribution >= 4 is 11.7 Å². The van der Waals surface area contributed by atoms with Gasteiger partial charge >= 0.3 is 12.3 Å². The zero-order valence-electron chi connectivity index (χ0n) is 9.73. The van der Waals surface area contributed by atoms with E-state index in [9.17, 15) is 36.9 Å². The highest BCUT2D eigenvalue weighted by atomic mass is 19.4. The summed E-state index contributed by atoms with van der Waals surface area (Å²) >= 11 is 0. The maximum Gasteiger partial charge on any atom is 0.573 e. The number of carbonyl (C=O) groups is 1. The highest BCUT2D eigenvalue weighted by Gasteiger charge is 2.38. The van der Waals surface area contributed by atoms with E-state index < -0.39 is 52.8 Å². The van der Waals surface area contributed by atoms with Crippen LogP contribution < -0.4 is 4.74 Å². The molecule has 0 radical (unpaired) electrons. The smallest absolute Gasteiger partial charge is 0.481 e. The molecule has 7 nitrogen and oxygen atoms in total. The second kappa shape index (κ2) is 5.85. The van der Waals surface area contributed by atoms with Gasteiger partial charge in [-0.3, -0.25) is 14.9 Å². The minimum absolute atomic E-state index is 0.253. The summed E-state index contributed by atoms with van der Waals surface area (Å²) in [5.74, 6) is -3.44. The Morgan fingerprint density at radius 1 is 1.48 bits per heavy atom. The molecule has 0 unspecified atom stereocenters. The summed E-state index contributed by atoms with van der Waals surface area (Å²) in [4.78, 5) is 22.8. The molecule has 0 saturated heterocycles. The summed E-state index contributed by atoms with van der Waals surface area (Å²) in [6.45, 7) is 0. The van der Waals surface area contributed by atoms with Crippen LogP contribution in [0.3, 0.4) is 0 Å². The zero-order chi connectivity index (χ0) is 16.4. The molecular formula is C9H5F5N2O5. The van der Waals surface area contributed by atoms with Gasteiger partial charge < -0.3 is 9.84 Å². The lowest BCUT2D eigenvalue weighted by Gasteiger charge is -2.15. The summed E-state index contributed by atoms with van der Waals surface area (Å²) < 4.78 is 65.2. The molecule has 0 spiro atoms. The molecule has 0 saturated carbocycles. The molecule has 0 aromatic carbocycles. The fraction of sp³-hybridized carbons (Fsp3) is 0.333. The van der Waals surface area contributed by atoms with Crippen LogP contribution in [-0.2, 0) is 11.2 Å². The van der Waals surface area contributed by atoms with Crippen LogP contribution in [0.5, 0.6) is 5.75 Å². The summed E-state index contributed by atoms with van der Waals surface area (Å²) in [6.07, 6.45) is -10.1. The van der Waals surface area contributed by atoms with Crippen molar-refractivity contribution in [3.63, 3.8) is 0 Å². The minimum Gasteiger partial charge on any atom is -0.481 e. The van der Waals surface area contributed by atoms with Gasteiger partial charge in [0.15, 0.2) is 5.75 Å². The predicted octanol–water partition coefficient (Wildman–Crippen LogP) is 2.45. The summed E-state index contributed by atoms with van der Waals surface area (Å²) in [5.41, 5.74) is -3.84. The Balaban J connectivity index is 3.59. The van der Waals surface area contributed by atoms with Crippen LogP contribution in [0, 0.1) is 10.1 Å². The molecule has 1 N–H and O–H groups in total. The standard InChI is InChI=1S/C9H5F5N2O5/c10-8(11)6-7(21-9(12,13)14)3(1-5(17)18)4(2-15-6)16(19)20/h2,8H,1H2,(H,17,18). The number of rotatable bonds is 5. The van der Waals surface area contributed by atoms with Crippen molar-refractivity contribution in [1.82, 2.24) is 4.98 Å². The molecule has 0 aliphatic carbocycles. The lowest BCUT2D eigenvalue weighted by Crippen LogP contribution is -2.21. The number of nitro groups is 1. The molecule has 0 aliphatic heterocycles. The van der Waals surface area contributed by atoms with Crippen molar-refractivity contribution < 1.29 is 41.5 Å². The van der Waals surface area contributed by atoms with Crippen molar-refractivity contribution in [2.75, 3.05) is 0 Å². The summed E-state index contributed by atoms with van der Waals surface area (Å²) in [6, 6.07) is 0. The molecule has 21 heavy (non-hydrogen) atoms. The van der Waals surface area contributed by atoms with Crippen LogP contribution in [0.1, 0.15) is 17.7 Å². The van der Waals surface area contributed by atoms with Crippen molar-refractivity contribution in [2.45, 2.75) is 19.2 Å². The van der Waals surface area contributed by atoms with Gasteiger partial charge in [-0.2, -0.15) is 0 Å². The number of ether oxygens (including phenoxy) is 1. The topological polar surface area (TPSA) is 103 Å². The molecule has 0 fully saturated rings. The zero-order valence-corrected chi connectivity index (χ0v) is 9.73. The van der Waals surface area contributed by atoms with Gasteiger partial charge in [-0.15, -0.1) is 13.2 Å². The average molecular weight is 316 g/mol. The van der Waals surface area contributed by atoms with Crippen molar-refractivity contribution in [1.29, 1.82) is 0 Å². The third kappa shape index (κ3) is 4.22. The van der Waals surface area contributed by atoms with E-state index in [1.165, 1.54) is 0 Å². The number of aliphatic carboxylic acids is 1. The molecule has 0 atom stereocenters. The first-order valence-electron chi connectivity index (χ1n) is 4.94. The number of pyridine rings is 1. The highest BCUT2D eigenvalue weighted by molar-refractivity contribution is 5.74. The van der Waals surface area contributed by atoms with Crippen LogP contribution in [0.2, 0.25) is 0 Å². The molecule has 0 amide bonds. The Morgan fingerprint density at radius 2 is 2.05 bits per heavy atom. The van der Waals surface area contributed by atoms with Crippen LogP contribution in [0.25, 0.3) is 0 Å². The number of aromatic nitrogens is 1. The van der Waals surface area contributed by atoms with Crippen molar-refractivity contribution in [3.05, 3.63) is 27.6 Å². The molecule has 1 heterocycles. The van der Waals surface area contributed by atoms with E-state index >= 15 is 0 Å². The first kappa shape index (κ1) is 16.5. The second-order valence-electron chi connectivity index (χ2n) is 3.51. The Labute approximate surface area is 112 Å². The van der Waals surface area contributed by atoms with E-state index in [0.717, 1.165) is 0 Å². The maximum absolute atomic E-state index is 12.6. The molecule has 12 heteroatoms. The SMILES string of the molecule is O=C(O)Cc1c([N+](=O)[O-])cnc(C(F)F)c1OC(F)(F)F. The quantitative estimate of drug-likeness (QED) is 0.508. The molecule has 116 valence electrons. The average Bonchev–Trinajstić information content (AvgIpc) is 2.27. The van der Waals surface area contributed by atoms with Gasteiger partial charge in [0.05, 0.1) is 16.9 Å². The Kier molecular flexibility index (Phi) is 4.60. The predicted molar refractivity (Wildman–Crippen MR) is 53.9 cm³/mol. The van der Waals surface area contributed by atoms with E-state index in [1.54, 1.807) is 0 Å². The van der Waals surface area contributed by atoms with E-state index in [-0.39, 0.29) is 6.20 Å². The summed E-state index contributed by atoms with van der Waals surface area (Å²) in [7, 11) is 0. The molecule has 1 aromatic rings. The van der Waals surface area contributed by atoms with Gasteiger partial charge in [0.25, 0.3) is 12.1 Å². The molecular weight excluding hydrogens is 311 g/mol. The van der Waals surface area contributed by atoms with Crippen LogP contribution in [0.4, 0.5) is 27.6 Å². The first-order valence-corrected chi connectivity index (χ1v) is 4.94. The van der Waals surface area contributed by atoms with Gasteiger partial charge in [0.1, 0.15) is 11.9 Å². The number of hydrogen-bond acceptors (Lipinski definition) is 5. The third-order valence-corrected chi connectivity index (χ3v) is 2.09. The largest absolute Gasteiger partial charge is 0.573 e. The number of halogens is 5. The van der Waals surface area contributed by atoms with E-state index in [1.807, 2.05) is 0 Å². The fourth-order valence-corrected chi connectivity index (χ4v) is 1.40. The van der Waals surface area contributed by atoms with Crippen molar-refractivity contribution in [3.8, 4) is 5.75 Å². The lowest BCUT2D eigenvalue weighted by molar-refractivity contribution is -0.386. The second-order valence-corrected chi connectivity index (χ2v) is 3.51. The number of hydrogen-bond donors (Lipinski definition) is 1. The third-order valence-electron chi connectivity index (χ3n) is 2.09. The van der Waals surface area contributed by atoms with E-state index in [0.29, 0.717) is 0 Å². The van der Waals surface area contributed by atoms with Crippen LogP contribution >= 0.6 is 0 Å². The van der Waals surface area contributed by atoms with Gasteiger partial charge in [0.2, 0.25) is 0 Å². The maximum atomic E-state index is 12.6. The molecule has 0 bridgehead atoms. The normalized spacial score (nSPS) is 11.5. The number of carboxylic acids is 1. The molecule has 1 rings (SSSR count). The Bertz CT molecular complexity index is 574. The summed E-state index contributed by atoms with van der Waals surface area (Å²) in [5, 5.41) is 19.2. The molecule has 0 aliphatic rings. The van der Waals surface area contributed by atoms with Gasteiger partial charge in [-0.25, -0.2) is 13.8 Å². The van der Waals surface area contributed by atoms with Gasteiger partial charge in [0, 0.05) is 0 Å². The lowest BCUT2D eigenvalue weighted by atomic mass is 10.1. The van der Waals surface area contributed by atoms with Gasteiger partial charge in [-0.1, -0.05) is 0 Å². The monoisotopic (exact) mass is 316 g/mol. The van der Waals surface area contributed by atoms with Gasteiger partial charge in [-0.05, 0) is 0 Å². The molecule has 1 aromatic heterocycles. The Hall–Kier alpha value is -2.53. The fourth-order valence-electron chi connectivity index (χ4n) is 1.40. The number of alkyl halides is 5. The van der Waals surface area contributed by atoms with Crippen LogP contribution in [-0.4, -0.2) is 27.3 Å². The number of nitrogens with zero attached hydrogens (tertiary/aromatic N) is 2. The van der Waals surface area contributed by atoms with Crippen LogP contribution in [0.15, 0.2) is 6.20 Å². The Morgan fingerprint density at radius 3 is 2.43 bits per heavy atom. The number of carboxylic acid groups (broad SMARTS) is 1.